The van der Waals surface area contributed by atoms with E-state index in [-0.39, 0.29) is 17.2 Å². The fourth-order valence-corrected chi connectivity index (χ4v) is 1.48. The number of rotatable bonds is 4. The summed E-state index contributed by atoms with van der Waals surface area (Å²) in [5.41, 5.74) is 0.682. The van der Waals surface area contributed by atoms with Gasteiger partial charge in [0, 0.05) is 12.1 Å². The number of hydrogen-bond donors (Lipinski definition) is 1. The van der Waals surface area contributed by atoms with Crippen molar-refractivity contribution < 1.29 is 9.85 Å². The van der Waals surface area contributed by atoms with Crippen LogP contribution in [-0.4, -0.2) is 19.8 Å². The average Bonchev–Trinajstić information content (AvgIpc) is 2.85. The standard InChI is InChI=1S/C11H8N4O4/c16-14(17)9-3-1-2-8(6-9)4-5-10-11(15(18)19)13-7-12-10/h1-7H,(H,12,13). The zero-order chi connectivity index (χ0) is 13.8. The number of nitrogens with one attached hydrogen (secondary N) is 1. The predicted molar refractivity (Wildman–Crippen MR) is 67.3 cm³/mol. The van der Waals surface area contributed by atoms with E-state index in [0.717, 1.165) is 0 Å². The smallest absolute Gasteiger partial charge is 0.347 e. The van der Waals surface area contributed by atoms with Crippen LogP contribution in [0.25, 0.3) is 12.2 Å². The molecule has 2 aromatic rings. The normalized spacial score (nSPS) is 10.7. The van der Waals surface area contributed by atoms with Gasteiger partial charge in [0.05, 0.1) is 4.92 Å². The highest BCUT2D eigenvalue weighted by Crippen LogP contribution is 2.18. The molecule has 1 aromatic heterocycles. The molecule has 0 spiro atoms. The molecule has 96 valence electrons. The van der Waals surface area contributed by atoms with Crippen molar-refractivity contribution in [1.29, 1.82) is 0 Å². The van der Waals surface area contributed by atoms with Crippen molar-refractivity contribution >= 4 is 23.7 Å². The first kappa shape index (κ1) is 12.4. The van der Waals surface area contributed by atoms with Crippen LogP contribution in [0.4, 0.5) is 11.5 Å². The Bertz CT molecular complexity index is 662. The first-order chi connectivity index (χ1) is 9.08. The fourth-order valence-electron chi connectivity index (χ4n) is 1.48. The van der Waals surface area contributed by atoms with E-state index in [4.69, 9.17) is 0 Å². The van der Waals surface area contributed by atoms with Gasteiger partial charge in [0.25, 0.3) is 5.69 Å². The molecule has 0 atom stereocenters. The van der Waals surface area contributed by atoms with E-state index >= 15 is 0 Å². The number of aromatic nitrogens is 2. The lowest BCUT2D eigenvalue weighted by molar-refractivity contribution is -0.389. The molecule has 0 saturated heterocycles. The van der Waals surface area contributed by atoms with E-state index in [1.807, 2.05) is 0 Å². The summed E-state index contributed by atoms with van der Waals surface area (Å²) in [6.45, 7) is 0. The second-order valence-electron chi connectivity index (χ2n) is 3.58. The van der Waals surface area contributed by atoms with Gasteiger partial charge in [-0.15, -0.1) is 0 Å². The first-order valence-electron chi connectivity index (χ1n) is 5.18. The van der Waals surface area contributed by atoms with Gasteiger partial charge < -0.3 is 10.1 Å². The fraction of sp³-hybridized carbons (Fsp3) is 0. The minimum Gasteiger partial charge on any atom is -0.358 e. The topological polar surface area (TPSA) is 115 Å². The van der Waals surface area contributed by atoms with Crippen LogP contribution < -0.4 is 0 Å². The van der Waals surface area contributed by atoms with Crippen LogP contribution in [0, 0.1) is 20.2 Å². The number of nitro benzene ring substituents is 1. The van der Waals surface area contributed by atoms with E-state index in [1.165, 1.54) is 36.7 Å². The van der Waals surface area contributed by atoms with Crippen LogP contribution in [0.5, 0.6) is 0 Å². The molecule has 1 heterocycles. The third kappa shape index (κ3) is 2.80. The summed E-state index contributed by atoms with van der Waals surface area (Å²) >= 11 is 0. The Morgan fingerprint density at radius 1 is 1.16 bits per heavy atom. The highest BCUT2D eigenvalue weighted by Gasteiger charge is 2.12. The molecule has 0 aliphatic rings. The Morgan fingerprint density at radius 3 is 2.63 bits per heavy atom. The molecule has 0 aliphatic carbocycles. The molecule has 8 heteroatoms. The summed E-state index contributed by atoms with van der Waals surface area (Å²) in [6.07, 6.45) is 4.16. The molecule has 19 heavy (non-hydrogen) atoms. The third-order valence-electron chi connectivity index (χ3n) is 2.34. The van der Waals surface area contributed by atoms with Crippen LogP contribution in [-0.2, 0) is 0 Å². The minimum atomic E-state index is -0.583. The zero-order valence-corrected chi connectivity index (χ0v) is 9.52. The number of aromatic amines is 1. The van der Waals surface area contributed by atoms with Gasteiger partial charge in [0.1, 0.15) is 0 Å². The molecule has 8 nitrogen and oxygen atoms in total. The summed E-state index contributed by atoms with van der Waals surface area (Å²) in [7, 11) is 0. The van der Waals surface area contributed by atoms with Gasteiger partial charge in [-0.25, -0.2) is 9.97 Å². The number of benzene rings is 1. The van der Waals surface area contributed by atoms with E-state index in [0.29, 0.717) is 5.56 Å². The Kier molecular flexibility index (Phi) is 3.33. The van der Waals surface area contributed by atoms with Gasteiger partial charge in [-0.05, 0) is 16.6 Å². The van der Waals surface area contributed by atoms with E-state index in [9.17, 15) is 20.2 Å². The molecule has 1 aromatic carbocycles. The average molecular weight is 260 g/mol. The van der Waals surface area contributed by atoms with Crippen LogP contribution in [0.3, 0.4) is 0 Å². The van der Waals surface area contributed by atoms with Crippen LogP contribution >= 0.6 is 0 Å². The molecule has 0 saturated carbocycles. The SMILES string of the molecule is O=[N+]([O-])c1cccc(C=Cc2nc[nH]c2[N+](=O)[O-])c1. The molecule has 0 amide bonds. The molecular formula is C11H8N4O4. The van der Waals surface area contributed by atoms with Gasteiger partial charge in [-0.2, -0.15) is 0 Å². The highest BCUT2D eigenvalue weighted by atomic mass is 16.6. The first-order valence-corrected chi connectivity index (χ1v) is 5.18. The van der Waals surface area contributed by atoms with Gasteiger partial charge >= 0.3 is 5.82 Å². The van der Waals surface area contributed by atoms with Crippen molar-refractivity contribution in [2.24, 2.45) is 0 Å². The molecule has 0 radical (unpaired) electrons. The third-order valence-corrected chi connectivity index (χ3v) is 2.34. The summed E-state index contributed by atoms with van der Waals surface area (Å²) in [4.78, 5) is 26.4. The van der Waals surface area contributed by atoms with Gasteiger partial charge in [-0.3, -0.25) is 10.1 Å². The molecular weight excluding hydrogens is 252 g/mol. The molecule has 0 aliphatic heterocycles. The number of non-ortho nitro benzene ring substituents is 1. The molecule has 0 fully saturated rings. The van der Waals surface area contributed by atoms with E-state index in [1.54, 1.807) is 6.07 Å². The Morgan fingerprint density at radius 2 is 1.95 bits per heavy atom. The van der Waals surface area contributed by atoms with Crippen molar-refractivity contribution in [3.63, 3.8) is 0 Å². The van der Waals surface area contributed by atoms with Crippen LogP contribution in [0.2, 0.25) is 0 Å². The monoisotopic (exact) mass is 260 g/mol. The Hall–Kier alpha value is -3.03. The number of nitrogens with zero attached hydrogens (tertiary/aromatic N) is 3. The molecule has 0 unspecified atom stereocenters. The van der Waals surface area contributed by atoms with Crippen LogP contribution in [0.15, 0.2) is 30.6 Å². The lowest BCUT2D eigenvalue weighted by Gasteiger charge is -1.94. The summed E-state index contributed by atoms with van der Waals surface area (Å²) in [5, 5.41) is 21.3. The maximum absolute atomic E-state index is 10.6. The largest absolute Gasteiger partial charge is 0.358 e. The summed E-state index contributed by atoms with van der Waals surface area (Å²) in [5.74, 6) is -0.221. The number of imidazole rings is 1. The summed E-state index contributed by atoms with van der Waals surface area (Å²) in [6, 6.07) is 5.93. The van der Waals surface area contributed by atoms with Gasteiger partial charge in [-0.1, -0.05) is 18.2 Å². The predicted octanol–water partition coefficient (Wildman–Crippen LogP) is 2.40. The Labute approximate surface area is 106 Å². The minimum absolute atomic E-state index is 0.0429. The second kappa shape index (κ2) is 5.08. The molecule has 0 bridgehead atoms. The van der Waals surface area contributed by atoms with Crippen LogP contribution in [0.1, 0.15) is 11.3 Å². The van der Waals surface area contributed by atoms with Crippen molar-refractivity contribution in [2.45, 2.75) is 0 Å². The number of nitro groups is 2. The summed E-state index contributed by atoms with van der Waals surface area (Å²) < 4.78 is 0. The quantitative estimate of drug-likeness (QED) is 0.669. The number of hydrogen-bond acceptors (Lipinski definition) is 5. The van der Waals surface area contributed by atoms with Crippen molar-refractivity contribution in [2.75, 3.05) is 0 Å². The van der Waals surface area contributed by atoms with E-state index in [2.05, 4.69) is 9.97 Å². The highest BCUT2D eigenvalue weighted by molar-refractivity contribution is 5.71. The van der Waals surface area contributed by atoms with Crippen molar-refractivity contribution in [1.82, 2.24) is 9.97 Å². The number of H-pyrrole nitrogens is 1. The lowest BCUT2D eigenvalue weighted by atomic mass is 10.2. The van der Waals surface area contributed by atoms with Crippen molar-refractivity contribution in [3.05, 3.63) is 62.1 Å². The van der Waals surface area contributed by atoms with Gasteiger partial charge in [0.15, 0.2) is 12.0 Å². The maximum Gasteiger partial charge on any atom is 0.347 e. The van der Waals surface area contributed by atoms with Crippen molar-refractivity contribution in [3.8, 4) is 0 Å². The lowest BCUT2D eigenvalue weighted by Crippen LogP contribution is -1.90. The Balaban J connectivity index is 2.27. The zero-order valence-electron chi connectivity index (χ0n) is 9.52. The second-order valence-corrected chi connectivity index (χ2v) is 3.58. The van der Waals surface area contributed by atoms with Gasteiger partial charge in [0.2, 0.25) is 0 Å². The van der Waals surface area contributed by atoms with E-state index < -0.39 is 9.85 Å². The maximum atomic E-state index is 10.6. The molecule has 1 N–H and O–H groups in total. The molecule has 2 rings (SSSR count).